The summed E-state index contributed by atoms with van der Waals surface area (Å²) in [5.74, 6) is 0.101. The van der Waals surface area contributed by atoms with Crippen LogP contribution in [0.25, 0.3) is 11.1 Å². The topological polar surface area (TPSA) is 55.1 Å². The molecule has 2 aromatic rings. The summed E-state index contributed by atoms with van der Waals surface area (Å²) in [6, 6.07) is 15.6. The summed E-state index contributed by atoms with van der Waals surface area (Å²) in [6.45, 7) is -1.32. The fourth-order valence-electron chi connectivity index (χ4n) is 5.58. The zero-order valence-electron chi connectivity index (χ0n) is 18.3. The third kappa shape index (κ3) is 4.56. The molecule has 4 rings (SSSR count). The zero-order chi connectivity index (χ0) is 22.8. The van der Waals surface area contributed by atoms with Gasteiger partial charge in [-0.1, -0.05) is 67.8 Å². The first-order chi connectivity index (χ1) is 15.3. The maximum atomic E-state index is 13.4. The molecule has 1 saturated carbocycles. The van der Waals surface area contributed by atoms with Crippen LogP contribution in [0.5, 0.6) is 0 Å². The van der Waals surface area contributed by atoms with Gasteiger partial charge in [0.25, 0.3) is 0 Å². The van der Waals surface area contributed by atoms with Gasteiger partial charge >= 0.3 is 6.18 Å². The van der Waals surface area contributed by atoms with Crippen LogP contribution < -0.4 is 11.1 Å². The van der Waals surface area contributed by atoms with Crippen molar-refractivity contribution in [3.63, 3.8) is 0 Å². The van der Waals surface area contributed by atoms with Crippen LogP contribution >= 0.6 is 0 Å². The number of nitrogens with two attached hydrogens (primary N) is 1. The lowest BCUT2D eigenvalue weighted by Gasteiger charge is -2.31. The summed E-state index contributed by atoms with van der Waals surface area (Å²) in [5, 5.41) is 2.20. The number of unbranched alkanes of at least 4 members (excludes halogenated alkanes) is 1. The quantitative estimate of drug-likeness (QED) is 0.538. The second-order valence-electron chi connectivity index (χ2n) is 9.32. The number of halogens is 3. The molecule has 2 aromatic carbocycles. The normalized spacial score (nSPS) is 21.6. The van der Waals surface area contributed by atoms with Crippen molar-refractivity contribution in [1.82, 2.24) is 5.32 Å². The van der Waals surface area contributed by atoms with Gasteiger partial charge in [0.2, 0.25) is 5.91 Å². The highest BCUT2D eigenvalue weighted by Gasteiger charge is 2.49. The Bertz CT molecular complexity index is 903. The largest absolute Gasteiger partial charge is 0.405 e. The van der Waals surface area contributed by atoms with Crippen LogP contribution in [0.2, 0.25) is 0 Å². The minimum Gasteiger partial charge on any atom is -0.346 e. The van der Waals surface area contributed by atoms with Crippen LogP contribution in [0.4, 0.5) is 13.2 Å². The second kappa shape index (κ2) is 9.26. The highest BCUT2D eigenvalue weighted by molar-refractivity contribution is 6.00. The lowest BCUT2D eigenvalue weighted by atomic mass is 9.73. The first kappa shape index (κ1) is 22.8. The number of hydrogen-bond acceptors (Lipinski definition) is 2. The monoisotopic (exact) mass is 444 g/mol. The lowest BCUT2D eigenvalue weighted by molar-refractivity contribution is -0.141. The predicted molar refractivity (Wildman–Crippen MR) is 120 cm³/mol. The van der Waals surface area contributed by atoms with Gasteiger partial charge in [0, 0.05) is 6.04 Å². The number of alkyl halides is 3. The van der Waals surface area contributed by atoms with Crippen molar-refractivity contribution in [2.75, 3.05) is 6.54 Å². The van der Waals surface area contributed by atoms with Crippen molar-refractivity contribution in [3.05, 3.63) is 59.7 Å². The number of benzene rings is 2. The van der Waals surface area contributed by atoms with Gasteiger partial charge in [0.1, 0.15) is 12.0 Å². The summed E-state index contributed by atoms with van der Waals surface area (Å²) in [6.07, 6.45) is 3.28. The number of hydrogen-bond donors (Lipinski definition) is 2. The summed E-state index contributed by atoms with van der Waals surface area (Å²) in [4.78, 5) is 13.4. The first-order valence-corrected chi connectivity index (χ1v) is 11.6. The molecule has 0 aromatic heterocycles. The Labute approximate surface area is 187 Å². The Hall–Kier alpha value is -2.34. The lowest BCUT2D eigenvalue weighted by Crippen LogP contribution is -2.47. The Morgan fingerprint density at radius 1 is 0.938 bits per heavy atom. The molecular weight excluding hydrogens is 413 g/mol. The summed E-state index contributed by atoms with van der Waals surface area (Å²) < 4.78 is 38.8. The van der Waals surface area contributed by atoms with Crippen molar-refractivity contribution >= 4 is 5.91 Å². The minimum atomic E-state index is -4.45. The molecule has 0 radical (unpaired) electrons. The van der Waals surface area contributed by atoms with Crippen LogP contribution in [0.1, 0.15) is 62.5 Å². The van der Waals surface area contributed by atoms with E-state index in [1.54, 1.807) is 0 Å². The molecule has 3 nitrogen and oxygen atoms in total. The molecule has 1 fully saturated rings. The van der Waals surface area contributed by atoms with E-state index in [-0.39, 0.29) is 0 Å². The number of carbonyl (C=O) groups excluding carboxylic acids is 1. The predicted octanol–water partition coefficient (Wildman–Crippen LogP) is 5.71. The molecule has 32 heavy (non-hydrogen) atoms. The van der Waals surface area contributed by atoms with E-state index in [0.717, 1.165) is 67.2 Å². The molecule has 0 heterocycles. The molecule has 2 aliphatic rings. The van der Waals surface area contributed by atoms with Gasteiger partial charge in [0.05, 0.1) is 0 Å². The van der Waals surface area contributed by atoms with Crippen LogP contribution in [0.15, 0.2) is 48.5 Å². The fourth-order valence-corrected chi connectivity index (χ4v) is 5.58. The summed E-state index contributed by atoms with van der Waals surface area (Å²) >= 11 is 0. The van der Waals surface area contributed by atoms with Gasteiger partial charge in [-0.25, -0.2) is 0 Å². The maximum Gasteiger partial charge on any atom is 0.405 e. The van der Waals surface area contributed by atoms with E-state index >= 15 is 0 Å². The molecule has 6 heteroatoms. The molecular formula is C26H31F3N2O. The number of amides is 1. The summed E-state index contributed by atoms with van der Waals surface area (Å²) in [7, 11) is 0. The molecule has 0 spiro atoms. The van der Waals surface area contributed by atoms with Crippen LogP contribution in [-0.4, -0.2) is 24.7 Å². The molecule has 0 unspecified atom stereocenters. The highest BCUT2D eigenvalue weighted by Crippen LogP contribution is 2.51. The molecule has 172 valence electrons. The zero-order valence-corrected chi connectivity index (χ0v) is 18.3. The van der Waals surface area contributed by atoms with E-state index in [1.807, 2.05) is 48.5 Å². The van der Waals surface area contributed by atoms with Gasteiger partial charge in [-0.2, -0.15) is 13.2 Å². The van der Waals surface area contributed by atoms with Crippen LogP contribution in [0, 0.1) is 5.92 Å². The smallest absolute Gasteiger partial charge is 0.346 e. The average molecular weight is 445 g/mol. The molecule has 0 aliphatic heterocycles. The number of rotatable bonds is 7. The van der Waals surface area contributed by atoms with E-state index in [9.17, 15) is 18.0 Å². The molecule has 0 saturated heterocycles. The Balaban J connectivity index is 1.58. The Morgan fingerprint density at radius 3 is 2.06 bits per heavy atom. The molecule has 1 amide bonds. The number of fused-ring (bicyclic) bond motifs is 3. The van der Waals surface area contributed by atoms with Crippen molar-refractivity contribution < 1.29 is 18.0 Å². The molecule has 2 aliphatic carbocycles. The van der Waals surface area contributed by atoms with Gasteiger partial charge in [-0.3, -0.25) is 4.79 Å². The Morgan fingerprint density at radius 2 is 1.50 bits per heavy atom. The molecule has 3 N–H and O–H groups in total. The maximum absolute atomic E-state index is 13.4. The number of carbonyl (C=O) groups is 1. The van der Waals surface area contributed by atoms with E-state index < -0.39 is 24.0 Å². The van der Waals surface area contributed by atoms with Gasteiger partial charge in [0.15, 0.2) is 0 Å². The van der Waals surface area contributed by atoms with Crippen LogP contribution in [-0.2, 0) is 10.2 Å². The van der Waals surface area contributed by atoms with Crippen molar-refractivity contribution in [1.29, 1.82) is 0 Å². The van der Waals surface area contributed by atoms with Crippen molar-refractivity contribution in [2.45, 2.75) is 69.0 Å². The third-order valence-corrected chi connectivity index (χ3v) is 7.21. The fraction of sp³-hybridized carbons (Fsp3) is 0.500. The second-order valence-corrected chi connectivity index (χ2v) is 9.32. The van der Waals surface area contributed by atoms with E-state index in [4.69, 9.17) is 5.73 Å². The molecule has 0 atom stereocenters. The minimum absolute atomic E-state index is 0.318. The van der Waals surface area contributed by atoms with Gasteiger partial charge < -0.3 is 11.1 Å². The first-order valence-electron chi connectivity index (χ1n) is 11.6. The van der Waals surface area contributed by atoms with E-state index in [0.29, 0.717) is 18.4 Å². The Kier molecular flexibility index (Phi) is 6.61. The van der Waals surface area contributed by atoms with E-state index in [1.165, 1.54) is 0 Å². The van der Waals surface area contributed by atoms with Gasteiger partial charge in [-0.05, 0) is 60.3 Å². The number of nitrogens with one attached hydrogen (secondary N) is 1. The third-order valence-electron chi connectivity index (χ3n) is 7.21. The van der Waals surface area contributed by atoms with Crippen LogP contribution in [0.3, 0.4) is 0 Å². The van der Waals surface area contributed by atoms with Crippen molar-refractivity contribution in [2.24, 2.45) is 11.7 Å². The molecule has 0 bridgehead atoms. The van der Waals surface area contributed by atoms with Crippen molar-refractivity contribution in [3.8, 4) is 11.1 Å². The van der Waals surface area contributed by atoms with Gasteiger partial charge in [-0.15, -0.1) is 0 Å². The standard InChI is InChI=1S/C26H31F3N2O/c27-26(28,29)17-31-24(32)25(16-6-5-7-18-12-14-19(30)15-13-18)22-10-3-1-8-20(22)21-9-2-4-11-23(21)25/h1-4,8-11,18-19H,5-7,12-17,30H2,(H,31,32). The highest BCUT2D eigenvalue weighted by atomic mass is 19.4. The average Bonchev–Trinajstić information content (AvgIpc) is 3.07. The van der Waals surface area contributed by atoms with E-state index in [2.05, 4.69) is 5.32 Å². The SMILES string of the molecule is NC1CCC(CCCCC2(C(=O)NCC(F)(F)F)c3ccccc3-c3ccccc32)CC1. The summed E-state index contributed by atoms with van der Waals surface area (Å²) in [5.41, 5.74) is 8.41.